The van der Waals surface area contributed by atoms with Crippen molar-refractivity contribution in [2.45, 2.75) is 33.1 Å². The number of aryl methyl sites for hydroxylation is 2. The summed E-state index contributed by atoms with van der Waals surface area (Å²) in [6.45, 7) is 4.11. The Morgan fingerprint density at radius 2 is 1.85 bits per heavy atom. The van der Waals surface area contributed by atoms with Crippen molar-refractivity contribution in [1.29, 1.82) is 0 Å². The van der Waals surface area contributed by atoms with Gasteiger partial charge in [-0.3, -0.25) is 0 Å². The van der Waals surface area contributed by atoms with Crippen molar-refractivity contribution in [3.8, 4) is 5.69 Å². The van der Waals surface area contributed by atoms with Gasteiger partial charge in [-0.25, -0.2) is 9.48 Å². The molecule has 3 aromatic rings. The third kappa shape index (κ3) is 4.47. The first-order valence-electron chi connectivity index (χ1n) is 8.81. The summed E-state index contributed by atoms with van der Waals surface area (Å²) in [5.74, 6) is 0. The van der Waals surface area contributed by atoms with Gasteiger partial charge in [-0.05, 0) is 55.7 Å². The molecule has 0 unspecified atom stereocenters. The van der Waals surface area contributed by atoms with Gasteiger partial charge in [0.2, 0.25) is 0 Å². The van der Waals surface area contributed by atoms with Crippen LogP contribution < -0.4 is 10.6 Å². The van der Waals surface area contributed by atoms with Crippen molar-refractivity contribution in [2.75, 3.05) is 10.6 Å². The van der Waals surface area contributed by atoms with Crippen LogP contribution in [-0.4, -0.2) is 21.0 Å². The summed E-state index contributed by atoms with van der Waals surface area (Å²) in [5.41, 5.74) is 4.43. The van der Waals surface area contributed by atoms with E-state index in [0.717, 1.165) is 41.9 Å². The molecule has 0 saturated carbocycles. The van der Waals surface area contributed by atoms with Crippen LogP contribution >= 0.6 is 0 Å². The van der Waals surface area contributed by atoms with Crippen molar-refractivity contribution >= 4 is 17.4 Å². The highest BCUT2D eigenvalue weighted by Crippen LogP contribution is 2.16. The first-order valence-corrected chi connectivity index (χ1v) is 8.81. The molecule has 26 heavy (non-hydrogen) atoms. The molecule has 0 spiro atoms. The van der Waals surface area contributed by atoms with E-state index in [9.17, 15) is 4.79 Å². The van der Waals surface area contributed by atoms with Gasteiger partial charge in [-0.1, -0.05) is 36.8 Å². The molecular weight excluding hydrogens is 326 g/mol. The molecule has 2 aromatic carbocycles. The molecule has 0 aliphatic carbocycles. The summed E-state index contributed by atoms with van der Waals surface area (Å²) in [5, 5.41) is 14.0. The van der Waals surface area contributed by atoms with Crippen LogP contribution in [0.15, 0.2) is 54.7 Å². The number of carbonyl (C=O) groups excluding carboxylic acids is 1. The van der Waals surface area contributed by atoms with E-state index >= 15 is 0 Å². The summed E-state index contributed by atoms with van der Waals surface area (Å²) in [7, 11) is 0. The van der Waals surface area contributed by atoms with Crippen LogP contribution in [-0.2, 0) is 6.42 Å². The topological polar surface area (TPSA) is 71.8 Å². The zero-order valence-corrected chi connectivity index (χ0v) is 15.1. The molecule has 6 nitrogen and oxygen atoms in total. The van der Waals surface area contributed by atoms with Crippen LogP contribution in [0.4, 0.5) is 16.2 Å². The zero-order chi connectivity index (χ0) is 18.4. The predicted molar refractivity (Wildman–Crippen MR) is 104 cm³/mol. The fraction of sp³-hybridized carbons (Fsp3) is 0.250. The maximum absolute atomic E-state index is 12.1. The van der Waals surface area contributed by atoms with E-state index in [1.807, 2.05) is 61.7 Å². The number of amides is 2. The number of hydrogen-bond donors (Lipinski definition) is 2. The summed E-state index contributed by atoms with van der Waals surface area (Å²) >= 11 is 0. The van der Waals surface area contributed by atoms with Gasteiger partial charge in [0, 0.05) is 11.4 Å². The number of para-hydroxylation sites is 1. The van der Waals surface area contributed by atoms with Crippen LogP contribution in [0, 0.1) is 6.92 Å². The van der Waals surface area contributed by atoms with Crippen LogP contribution in [0.2, 0.25) is 0 Å². The Balaban J connectivity index is 1.61. The Hall–Kier alpha value is -3.15. The zero-order valence-electron chi connectivity index (χ0n) is 15.1. The Morgan fingerprint density at radius 3 is 2.58 bits per heavy atom. The standard InChI is InChI=1S/C20H23N5O/c1-3-4-8-17-14-25(24-23-17)18-12-10-16(11-13-18)21-20(26)22-19-9-6-5-7-15(19)2/h5-7,9-14H,3-4,8H2,1-2H3,(H2,21,22,26). The molecule has 6 heteroatoms. The van der Waals surface area contributed by atoms with E-state index in [1.54, 1.807) is 4.68 Å². The molecule has 0 aliphatic rings. The number of nitrogens with one attached hydrogen (secondary N) is 2. The first-order chi connectivity index (χ1) is 12.7. The van der Waals surface area contributed by atoms with Crippen molar-refractivity contribution in [3.63, 3.8) is 0 Å². The fourth-order valence-corrected chi connectivity index (χ4v) is 2.59. The smallest absolute Gasteiger partial charge is 0.308 e. The van der Waals surface area contributed by atoms with Crippen molar-refractivity contribution in [2.24, 2.45) is 0 Å². The van der Waals surface area contributed by atoms with Crippen LogP contribution in [0.3, 0.4) is 0 Å². The number of hydrogen-bond acceptors (Lipinski definition) is 3. The second-order valence-electron chi connectivity index (χ2n) is 6.20. The summed E-state index contributed by atoms with van der Waals surface area (Å²) in [6, 6.07) is 14.9. The molecule has 0 atom stereocenters. The maximum atomic E-state index is 12.1. The lowest BCUT2D eigenvalue weighted by Crippen LogP contribution is -2.19. The molecule has 3 rings (SSSR count). The maximum Gasteiger partial charge on any atom is 0.323 e. The van der Waals surface area contributed by atoms with E-state index in [1.165, 1.54) is 0 Å². The molecule has 1 heterocycles. The summed E-state index contributed by atoms with van der Waals surface area (Å²) in [4.78, 5) is 12.1. The highest BCUT2D eigenvalue weighted by Gasteiger charge is 2.06. The number of carbonyl (C=O) groups is 1. The largest absolute Gasteiger partial charge is 0.323 e. The average molecular weight is 349 g/mol. The Labute approximate surface area is 153 Å². The number of anilines is 2. The normalized spacial score (nSPS) is 10.5. The Kier molecular flexibility index (Phi) is 5.63. The van der Waals surface area contributed by atoms with Gasteiger partial charge in [0.1, 0.15) is 0 Å². The predicted octanol–water partition coefficient (Wildman–Crippen LogP) is 4.56. The number of urea groups is 1. The number of unbranched alkanes of at least 4 members (excludes halogenated alkanes) is 1. The minimum Gasteiger partial charge on any atom is -0.308 e. The van der Waals surface area contributed by atoms with Gasteiger partial charge in [0.25, 0.3) is 0 Å². The van der Waals surface area contributed by atoms with Gasteiger partial charge in [0.05, 0.1) is 17.6 Å². The molecule has 0 aliphatic heterocycles. The van der Waals surface area contributed by atoms with E-state index in [4.69, 9.17) is 0 Å². The van der Waals surface area contributed by atoms with Gasteiger partial charge in [-0.15, -0.1) is 5.10 Å². The van der Waals surface area contributed by atoms with Crippen molar-refractivity contribution < 1.29 is 4.79 Å². The number of benzene rings is 2. The SMILES string of the molecule is CCCCc1cn(-c2ccc(NC(=O)Nc3ccccc3C)cc2)nn1. The molecule has 2 N–H and O–H groups in total. The van der Waals surface area contributed by atoms with E-state index in [-0.39, 0.29) is 6.03 Å². The van der Waals surface area contributed by atoms with E-state index < -0.39 is 0 Å². The van der Waals surface area contributed by atoms with Gasteiger partial charge >= 0.3 is 6.03 Å². The molecule has 1 aromatic heterocycles. The van der Waals surface area contributed by atoms with Crippen molar-refractivity contribution in [1.82, 2.24) is 15.0 Å². The monoisotopic (exact) mass is 349 g/mol. The number of nitrogens with zero attached hydrogens (tertiary/aromatic N) is 3. The summed E-state index contributed by atoms with van der Waals surface area (Å²) in [6.07, 6.45) is 5.13. The first kappa shape index (κ1) is 17.7. The molecular formula is C20H23N5O. The molecule has 134 valence electrons. The Bertz CT molecular complexity index is 870. The lowest BCUT2D eigenvalue weighted by atomic mass is 10.2. The molecule has 0 fully saturated rings. The van der Waals surface area contributed by atoms with Gasteiger partial charge < -0.3 is 10.6 Å². The number of rotatable bonds is 6. The second-order valence-corrected chi connectivity index (χ2v) is 6.20. The third-order valence-corrected chi connectivity index (χ3v) is 4.11. The minimum atomic E-state index is -0.269. The lowest BCUT2D eigenvalue weighted by molar-refractivity contribution is 0.262. The quantitative estimate of drug-likeness (QED) is 0.685. The highest BCUT2D eigenvalue weighted by molar-refractivity contribution is 6.00. The number of aromatic nitrogens is 3. The third-order valence-electron chi connectivity index (χ3n) is 4.11. The lowest BCUT2D eigenvalue weighted by Gasteiger charge is -2.10. The minimum absolute atomic E-state index is 0.269. The van der Waals surface area contributed by atoms with Crippen LogP contribution in [0.25, 0.3) is 5.69 Å². The molecule has 0 saturated heterocycles. The fourth-order valence-electron chi connectivity index (χ4n) is 2.59. The van der Waals surface area contributed by atoms with Crippen molar-refractivity contribution in [3.05, 3.63) is 66.0 Å². The Morgan fingerprint density at radius 1 is 1.08 bits per heavy atom. The highest BCUT2D eigenvalue weighted by atomic mass is 16.2. The molecule has 2 amide bonds. The van der Waals surface area contributed by atoms with E-state index in [0.29, 0.717) is 5.69 Å². The molecule has 0 bridgehead atoms. The van der Waals surface area contributed by atoms with Crippen LogP contribution in [0.1, 0.15) is 31.0 Å². The second kappa shape index (κ2) is 8.29. The van der Waals surface area contributed by atoms with Crippen LogP contribution in [0.5, 0.6) is 0 Å². The molecule has 0 radical (unpaired) electrons. The average Bonchev–Trinajstić information content (AvgIpc) is 3.11. The van der Waals surface area contributed by atoms with Gasteiger partial charge in [0.15, 0.2) is 0 Å². The summed E-state index contributed by atoms with van der Waals surface area (Å²) < 4.78 is 1.75. The van der Waals surface area contributed by atoms with E-state index in [2.05, 4.69) is 27.9 Å². The van der Waals surface area contributed by atoms with Gasteiger partial charge in [-0.2, -0.15) is 0 Å².